The molecule has 0 saturated carbocycles. The van der Waals surface area contributed by atoms with Gasteiger partial charge in [0.05, 0.1) is 0 Å². The van der Waals surface area contributed by atoms with E-state index >= 15 is 0 Å². The van der Waals surface area contributed by atoms with Gasteiger partial charge in [-0.3, -0.25) is 19.2 Å². The van der Waals surface area contributed by atoms with Crippen molar-refractivity contribution in [2.45, 2.75) is 20.8 Å². The van der Waals surface area contributed by atoms with Crippen LogP contribution in [0.15, 0.2) is 0 Å². The minimum atomic E-state index is -4.64. The Labute approximate surface area is 154 Å². The predicted molar refractivity (Wildman–Crippen MR) is 79.6 cm³/mol. The van der Waals surface area contributed by atoms with Crippen molar-refractivity contribution >= 4 is 32.6 Å². The SMILES string of the molecule is CC(=O)O[Si](CNC(=O)c1c(F)c(F)c(F)c(F)c1F)(OC(C)=O)OC(C)=O. The Balaban J connectivity index is 3.26. The molecular weight excluding hydrogens is 417 g/mol. The second-order valence-corrected chi connectivity index (χ2v) is 7.42. The van der Waals surface area contributed by atoms with Gasteiger partial charge in [0.15, 0.2) is 23.3 Å². The smallest absolute Gasteiger partial charge is 0.454 e. The van der Waals surface area contributed by atoms with E-state index in [1.807, 2.05) is 0 Å². The quantitative estimate of drug-likeness (QED) is 0.314. The maximum Gasteiger partial charge on any atom is 0.725 e. The number of halogens is 5. The number of hydrogen-bond donors (Lipinski definition) is 1. The van der Waals surface area contributed by atoms with Crippen molar-refractivity contribution in [1.29, 1.82) is 0 Å². The Morgan fingerprint density at radius 2 is 1.04 bits per heavy atom. The first kappa shape index (κ1) is 23.0. The Bertz CT molecular complexity index is 778. The van der Waals surface area contributed by atoms with Gasteiger partial charge in [0.25, 0.3) is 23.8 Å². The number of amides is 1. The van der Waals surface area contributed by atoms with Gasteiger partial charge in [-0.1, -0.05) is 0 Å². The van der Waals surface area contributed by atoms with Crippen molar-refractivity contribution in [1.82, 2.24) is 5.32 Å². The number of rotatable bonds is 6. The van der Waals surface area contributed by atoms with E-state index in [4.69, 9.17) is 0 Å². The molecule has 0 aliphatic carbocycles. The fraction of sp³-hybridized carbons (Fsp3) is 0.286. The van der Waals surface area contributed by atoms with E-state index in [1.54, 1.807) is 5.32 Å². The topological polar surface area (TPSA) is 108 Å². The molecule has 0 aliphatic rings. The van der Waals surface area contributed by atoms with Crippen LogP contribution in [0.2, 0.25) is 0 Å². The zero-order valence-corrected chi connectivity index (χ0v) is 15.5. The molecule has 14 heteroatoms. The Kier molecular flexibility index (Phi) is 7.21. The largest absolute Gasteiger partial charge is 0.725 e. The summed E-state index contributed by atoms with van der Waals surface area (Å²) >= 11 is 0. The fourth-order valence-corrected chi connectivity index (χ4v) is 3.94. The molecule has 0 atom stereocenters. The van der Waals surface area contributed by atoms with Gasteiger partial charge in [-0.2, -0.15) is 0 Å². The van der Waals surface area contributed by atoms with Crippen molar-refractivity contribution in [3.8, 4) is 0 Å². The average Bonchev–Trinajstić information content (AvgIpc) is 2.54. The molecule has 8 nitrogen and oxygen atoms in total. The first-order chi connectivity index (χ1) is 12.8. The lowest BCUT2D eigenvalue weighted by molar-refractivity contribution is -0.147. The van der Waals surface area contributed by atoms with Crippen molar-refractivity contribution in [2.75, 3.05) is 6.17 Å². The van der Waals surface area contributed by atoms with Crippen LogP contribution < -0.4 is 5.32 Å². The van der Waals surface area contributed by atoms with E-state index in [1.165, 1.54) is 0 Å². The molecule has 1 N–H and O–H groups in total. The monoisotopic (exact) mass is 429 g/mol. The Morgan fingerprint density at radius 1 is 0.714 bits per heavy atom. The zero-order chi connectivity index (χ0) is 21.8. The van der Waals surface area contributed by atoms with E-state index in [2.05, 4.69) is 13.3 Å². The molecule has 1 aromatic carbocycles. The second kappa shape index (κ2) is 8.77. The highest BCUT2D eigenvalue weighted by Crippen LogP contribution is 2.23. The van der Waals surface area contributed by atoms with Gasteiger partial charge >= 0.3 is 8.80 Å². The maximum atomic E-state index is 13.7. The summed E-state index contributed by atoms with van der Waals surface area (Å²) < 4.78 is 80.9. The Hall–Kier alpha value is -3.03. The van der Waals surface area contributed by atoms with Crippen LogP contribution in [-0.2, 0) is 27.7 Å². The van der Waals surface area contributed by atoms with Gasteiger partial charge < -0.3 is 18.6 Å². The first-order valence-electron chi connectivity index (χ1n) is 7.19. The van der Waals surface area contributed by atoms with E-state index in [9.17, 15) is 41.1 Å². The molecule has 0 radical (unpaired) electrons. The van der Waals surface area contributed by atoms with Crippen LogP contribution in [0.5, 0.6) is 0 Å². The number of nitrogens with one attached hydrogen (secondary N) is 1. The summed E-state index contributed by atoms with van der Waals surface area (Å²) in [4.78, 5) is 45.6. The molecule has 0 heterocycles. The highest BCUT2D eigenvalue weighted by molar-refractivity contribution is 6.66. The van der Waals surface area contributed by atoms with Crippen molar-refractivity contribution in [3.05, 3.63) is 34.6 Å². The van der Waals surface area contributed by atoms with E-state index in [0.29, 0.717) is 0 Å². The highest BCUT2D eigenvalue weighted by atomic mass is 28.4. The molecule has 0 unspecified atom stereocenters. The maximum absolute atomic E-state index is 13.7. The average molecular weight is 429 g/mol. The molecular formula is C14H12F5NO7Si. The zero-order valence-electron chi connectivity index (χ0n) is 14.5. The third-order valence-electron chi connectivity index (χ3n) is 2.80. The van der Waals surface area contributed by atoms with E-state index < -0.39 is 73.4 Å². The normalized spacial score (nSPS) is 10.9. The Morgan fingerprint density at radius 3 is 1.36 bits per heavy atom. The standard InChI is InChI=1S/C14H12F5NO7Si/c1-5(21)25-28(26-6(2)22,27-7(3)23)4-20-14(24)8-9(15)11(17)13(19)12(18)10(8)16/h4H2,1-3H3,(H,20,24). The molecule has 1 rings (SSSR count). The van der Waals surface area contributed by atoms with Gasteiger partial charge in [0, 0.05) is 20.8 Å². The predicted octanol–water partition coefficient (Wildman–Crippen LogP) is 1.28. The molecule has 0 bridgehead atoms. The molecule has 1 aromatic rings. The van der Waals surface area contributed by atoms with Crippen molar-refractivity contribution in [2.24, 2.45) is 0 Å². The molecule has 154 valence electrons. The third kappa shape index (κ3) is 5.25. The summed E-state index contributed by atoms with van der Waals surface area (Å²) in [5.74, 6) is -17.2. The van der Waals surface area contributed by atoms with Gasteiger partial charge in [-0.15, -0.1) is 0 Å². The van der Waals surface area contributed by atoms with Gasteiger partial charge in [0.2, 0.25) is 5.82 Å². The minimum absolute atomic E-state index is 0.834. The van der Waals surface area contributed by atoms with Crippen LogP contribution in [-0.4, -0.2) is 38.8 Å². The van der Waals surface area contributed by atoms with Crippen LogP contribution in [0, 0.1) is 29.1 Å². The molecule has 1 amide bonds. The lowest BCUT2D eigenvalue weighted by Gasteiger charge is -2.26. The summed E-state index contributed by atoms with van der Waals surface area (Å²) in [5.41, 5.74) is -1.84. The summed E-state index contributed by atoms with van der Waals surface area (Å²) in [6, 6.07) is 0. The number of hydrogen-bond acceptors (Lipinski definition) is 7. The summed E-state index contributed by atoms with van der Waals surface area (Å²) in [7, 11) is -4.64. The van der Waals surface area contributed by atoms with Crippen molar-refractivity contribution < 1.29 is 54.4 Å². The minimum Gasteiger partial charge on any atom is -0.454 e. The number of carbonyl (C=O) groups excluding carboxylic acids is 4. The van der Waals surface area contributed by atoms with Gasteiger partial charge in [0.1, 0.15) is 11.7 Å². The summed E-state index contributed by atoms with van der Waals surface area (Å²) in [6.45, 7) is 2.50. The van der Waals surface area contributed by atoms with Crippen LogP contribution in [0.25, 0.3) is 0 Å². The summed E-state index contributed by atoms with van der Waals surface area (Å²) in [6.07, 6.45) is -1.09. The van der Waals surface area contributed by atoms with Crippen LogP contribution in [0.1, 0.15) is 31.1 Å². The van der Waals surface area contributed by atoms with Crippen LogP contribution in [0.4, 0.5) is 22.0 Å². The molecule has 0 spiro atoms. The third-order valence-corrected chi connectivity index (χ3v) is 5.21. The fourth-order valence-electron chi connectivity index (χ4n) is 1.91. The molecule has 0 saturated heterocycles. The van der Waals surface area contributed by atoms with Crippen molar-refractivity contribution in [3.63, 3.8) is 0 Å². The van der Waals surface area contributed by atoms with E-state index in [-0.39, 0.29) is 0 Å². The number of benzene rings is 1. The molecule has 28 heavy (non-hydrogen) atoms. The lowest BCUT2D eigenvalue weighted by atomic mass is 10.1. The lowest BCUT2D eigenvalue weighted by Crippen LogP contribution is -2.57. The van der Waals surface area contributed by atoms with E-state index in [0.717, 1.165) is 20.8 Å². The van der Waals surface area contributed by atoms with Crippen LogP contribution in [0.3, 0.4) is 0 Å². The second-order valence-electron chi connectivity index (χ2n) is 5.09. The molecule has 0 aromatic heterocycles. The number of carbonyl (C=O) groups is 4. The summed E-state index contributed by atoms with van der Waals surface area (Å²) in [5, 5.41) is 1.67. The van der Waals surface area contributed by atoms with Gasteiger partial charge in [-0.25, -0.2) is 22.0 Å². The van der Waals surface area contributed by atoms with Gasteiger partial charge in [-0.05, 0) is 0 Å². The van der Waals surface area contributed by atoms with Crippen LogP contribution >= 0.6 is 0 Å². The molecule has 0 fully saturated rings. The highest BCUT2D eigenvalue weighted by Gasteiger charge is 2.52. The molecule has 0 aliphatic heterocycles. The first-order valence-corrected chi connectivity index (χ1v) is 9.13.